The Hall–Kier alpha value is -0.900. The van der Waals surface area contributed by atoms with Gasteiger partial charge in [0, 0.05) is 6.54 Å². The van der Waals surface area contributed by atoms with Crippen LogP contribution in [0.2, 0.25) is 0 Å². The highest BCUT2D eigenvalue weighted by atomic mass is 16.5. The van der Waals surface area contributed by atoms with Gasteiger partial charge in [-0.2, -0.15) is 0 Å². The van der Waals surface area contributed by atoms with E-state index in [4.69, 9.17) is 0 Å². The van der Waals surface area contributed by atoms with Crippen molar-refractivity contribution >= 4 is 11.7 Å². The van der Waals surface area contributed by atoms with E-state index in [1.54, 1.807) is 0 Å². The zero-order chi connectivity index (χ0) is 6.69. The van der Waals surface area contributed by atoms with Gasteiger partial charge < -0.3 is 4.74 Å². The predicted molar refractivity (Wildman–Crippen MR) is 32.3 cm³/mol. The minimum atomic E-state index is -0.333. The number of ether oxygens (including phenoxy) is 1. The molecule has 0 aromatic heterocycles. The zero-order valence-electron chi connectivity index (χ0n) is 5.18. The molecule has 0 spiro atoms. The highest BCUT2D eigenvalue weighted by molar-refractivity contribution is 6.37. The van der Waals surface area contributed by atoms with Gasteiger partial charge in [-0.25, -0.2) is 4.79 Å². The summed E-state index contributed by atoms with van der Waals surface area (Å²) >= 11 is 0. The number of methoxy groups -OCH3 is 1. The number of esters is 1. The summed E-state index contributed by atoms with van der Waals surface area (Å²) in [5.41, 5.74) is 0.484. The van der Waals surface area contributed by atoms with Gasteiger partial charge in [0.05, 0.1) is 13.8 Å². The van der Waals surface area contributed by atoms with Crippen LogP contribution in [0.3, 0.4) is 0 Å². The first-order valence-corrected chi connectivity index (χ1v) is 2.67. The van der Waals surface area contributed by atoms with E-state index >= 15 is 0 Å². The molecule has 0 radical (unpaired) electrons. The van der Waals surface area contributed by atoms with E-state index in [1.807, 2.05) is 0 Å². The average Bonchev–Trinajstić information content (AvgIpc) is 2.37. The number of rotatable bonds is 1. The van der Waals surface area contributed by atoms with Gasteiger partial charge in [0.2, 0.25) is 0 Å². The second kappa shape index (κ2) is 2.59. The van der Waals surface area contributed by atoms with Crippen molar-refractivity contribution in [3.05, 3.63) is 0 Å². The van der Waals surface area contributed by atoms with E-state index in [1.165, 1.54) is 7.11 Å². The molecule has 4 heteroatoms. The van der Waals surface area contributed by atoms with Gasteiger partial charge in [-0.1, -0.05) is 0 Å². The van der Waals surface area contributed by atoms with Gasteiger partial charge >= 0.3 is 5.97 Å². The molecule has 0 bridgehead atoms. The maximum absolute atomic E-state index is 10.6. The summed E-state index contributed by atoms with van der Waals surface area (Å²) < 4.78 is 4.42. The molecule has 0 unspecified atom stereocenters. The number of aliphatic imine (C=N–C) groups is 1. The molecule has 1 aliphatic heterocycles. The standard InChI is InChI=1S/C5H8N2O2/c1-9-5(8)4-2-6-3-7-4/h6H,2-3H2,1H3. The monoisotopic (exact) mass is 128 g/mol. The van der Waals surface area contributed by atoms with Crippen LogP contribution in [0.1, 0.15) is 0 Å². The molecule has 0 amide bonds. The van der Waals surface area contributed by atoms with Crippen molar-refractivity contribution in [2.24, 2.45) is 4.99 Å². The molecule has 0 fully saturated rings. The normalized spacial score (nSPS) is 17.2. The molecule has 0 saturated heterocycles. The van der Waals surface area contributed by atoms with Gasteiger partial charge in [-0.05, 0) is 0 Å². The van der Waals surface area contributed by atoms with E-state index in [-0.39, 0.29) is 5.97 Å². The molecule has 0 atom stereocenters. The van der Waals surface area contributed by atoms with Crippen molar-refractivity contribution < 1.29 is 9.53 Å². The number of carbonyl (C=O) groups excluding carboxylic acids is 1. The highest BCUT2D eigenvalue weighted by Gasteiger charge is 2.13. The number of hydrogen-bond acceptors (Lipinski definition) is 4. The van der Waals surface area contributed by atoms with E-state index in [0.717, 1.165) is 0 Å². The third kappa shape index (κ3) is 1.26. The molecule has 0 aromatic carbocycles. The third-order valence-corrected chi connectivity index (χ3v) is 1.10. The van der Waals surface area contributed by atoms with Crippen molar-refractivity contribution in [1.82, 2.24) is 5.32 Å². The van der Waals surface area contributed by atoms with E-state index in [9.17, 15) is 4.79 Å². The minimum absolute atomic E-state index is 0.333. The predicted octanol–water partition coefficient (Wildman–Crippen LogP) is -0.839. The second-order valence-corrected chi connectivity index (χ2v) is 1.68. The first kappa shape index (κ1) is 6.22. The number of hydrogen-bond donors (Lipinski definition) is 1. The number of nitrogens with zero attached hydrogens (tertiary/aromatic N) is 1. The highest BCUT2D eigenvalue weighted by Crippen LogP contribution is 1.87. The SMILES string of the molecule is COC(=O)C1=NCNC1. The summed E-state index contributed by atoms with van der Waals surface area (Å²) in [6, 6.07) is 0. The van der Waals surface area contributed by atoms with Crippen LogP contribution in [0.15, 0.2) is 4.99 Å². The Morgan fingerprint density at radius 2 is 2.67 bits per heavy atom. The quantitative estimate of drug-likeness (QED) is 0.468. The van der Waals surface area contributed by atoms with E-state index in [0.29, 0.717) is 18.9 Å². The topological polar surface area (TPSA) is 50.7 Å². The maximum Gasteiger partial charge on any atom is 0.353 e. The van der Waals surface area contributed by atoms with Gasteiger partial charge in [-0.15, -0.1) is 0 Å². The number of carbonyl (C=O) groups is 1. The van der Waals surface area contributed by atoms with Crippen LogP contribution < -0.4 is 5.32 Å². The summed E-state index contributed by atoms with van der Waals surface area (Å²) in [7, 11) is 1.35. The summed E-state index contributed by atoms with van der Waals surface area (Å²) in [6.45, 7) is 1.07. The van der Waals surface area contributed by atoms with Crippen molar-refractivity contribution in [3.8, 4) is 0 Å². The largest absolute Gasteiger partial charge is 0.465 e. The van der Waals surface area contributed by atoms with Crippen LogP contribution in [-0.4, -0.2) is 32.0 Å². The van der Waals surface area contributed by atoms with Crippen LogP contribution >= 0.6 is 0 Å². The molecular weight excluding hydrogens is 120 g/mol. The van der Waals surface area contributed by atoms with Crippen LogP contribution in [0.4, 0.5) is 0 Å². The Balaban J connectivity index is 2.51. The molecule has 0 aromatic rings. The smallest absolute Gasteiger partial charge is 0.353 e. The molecule has 9 heavy (non-hydrogen) atoms. The van der Waals surface area contributed by atoms with Crippen molar-refractivity contribution in [2.45, 2.75) is 0 Å². The third-order valence-electron chi connectivity index (χ3n) is 1.10. The van der Waals surface area contributed by atoms with Crippen LogP contribution in [0, 0.1) is 0 Å². The van der Waals surface area contributed by atoms with Crippen molar-refractivity contribution in [2.75, 3.05) is 20.3 Å². The first-order chi connectivity index (χ1) is 4.34. The summed E-state index contributed by atoms with van der Waals surface area (Å²) in [4.78, 5) is 14.5. The Kier molecular flexibility index (Phi) is 1.79. The Morgan fingerprint density at radius 1 is 1.89 bits per heavy atom. The molecule has 0 aliphatic carbocycles. The second-order valence-electron chi connectivity index (χ2n) is 1.68. The lowest BCUT2D eigenvalue weighted by Crippen LogP contribution is -2.21. The average molecular weight is 128 g/mol. The Bertz CT molecular complexity index is 153. The van der Waals surface area contributed by atoms with Crippen molar-refractivity contribution in [3.63, 3.8) is 0 Å². The lowest BCUT2D eigenvalue weighted by Gasteiger charge is -1.93. The summed E-state index contributed by atoms with van der Waals surface area (Å²) in [6.07, 6.45) is 0. The van der Waals surface area contributed by atoms with E-state index in [2.05, 4.69) is 15.0 Å². The molecule has 1 aliphatic rings. The maximum atomic E-state index is 10.6. The lowest BCUT2D eigenvalue weighted by atomic mass is 10.4. The fraction of sp³-hybridized carbons (Fsp3) is 0.600. The van der Waals surface area contributed by atoms with Crippen LogP contribution in [0.5, 0.6) is 0 Å². The van der Waals surface area contributed by atoms with Gasteiger partial charge in [0.15, 0.2) is 0 Å². The lowest BCUT2D eigenvalue weighted by molar-refractivity contribution is -0.132. The van der Waals surface area contributed by atoms with Crippen molar-refractivity contribution in [1.29, 1.82) is 0 Å². The Morgan fingerprint density at radius 3 is 3.11 bits per heavy atom. The minimum Gasteiger partial charge on any atom is -0.465 e. The van der Waals surface area contributed by atoms with Gasteiger partial charge in [-0.3, -0.25) is 10.3 Å². The molecule has 0 saturated carbocycles. The molecule has 1 rings (SSSR count). The molecular formula is C5H8N2O2. The Labute approximate surface area is 52.9 Å². The fourth-order valence-electron chi connectivity index (χ4n) is 0.636. The van der Waals surface area contributed by atoms with Gasteiger partial charge in [0.1, 0.15) is 5.71 Å². The van der Waals surface area contributed by atoms with E-state index < -0.39 is 0 Å². The summed E-state index contributed by atoms with van der Waals surface area (Å²) in [5, 5.41) is 2.88. The molecule has 4 nitrogen and oxygen atoms in total. The van der Waals surface area contributed by atoms with Gasteiger partial charge in [0.25, 0.3) is 0 Å². The molecule has 50 valence electrons. The van der Waals surface area contributed by atoms with Crippen LogP contribution in [-0.2, 0) is 9.53 Å². The number of nitrogens with one attached hydrogen (secondary N) is 1. The fourth-order valence-corrected chi connectivity index (χ4v) is 0.636. The zero-order valence-corrected chi connectivity index (χ0v) is 5.18. The van der Waals surface area contributed by atoms with Crippen LogP contribution in [0.25, 0.3) is 0 Å². The molecule has 1 N–H and O–H groups in total. The molecule has 1 heterocycles. The summed E-state index contributed by atoms with van der Waals surface area (Å²) in [5.74, 6) is -0.333. The first-order valence-electron chi connectivity index (χ1n) is 2.67.